The number of carbonyl (C=O) groups excluding carboxylic acids is 2. The Bertz CT molecular complexity index is 972. The molecular formula is C41H76NO9P. The summed E-state index contributed by atoms with van der Waals surface area (Å²) in [4.78, 5) is 34.8. The molecule has 0 amide bonds. The summed E-state index contributed by atoms with van der Waals surface area (Å²) in [5.74, 6) is -1.02. The van der Waals surface area contributed by atoms with Crippen LogP contribution in [0, 0.1) is 0 Å². The molecule has 0 spiro atoms. The number of phosphoric ester groups is 1. The van der Waals surface area contributed by atoms with Crippen molar-refractivity contribution in [2.75, 3.05) is 26.4 Å². The van der Waals surface area contributed by atoms with E-state index in [4.69, 9.17) is 24.3 Å². The predicted octanol–water partition coefficient (Wildman–Crippen LogP) is 10.4. The molecule has 0 heterocycles. The lowest BCUT2D eigenvalue weighted by atomic mass is 10.0. The second-order valence-electron chi connectivity index (χ2n) is 13.7. The lowest BCUT2D eigenvalue weighted by Crippen LogP contribution is -2.29. The monoisotopic (exact) mass is 758 g/mol. The van der Waals surface area contributed by atoms with E-state index >= 15 is 0 Å². The van der Waals surface area contributed by atoms with E-state index in [-0.39, 0.29) is 32.6 Å². The van der Waals surface area contributed by atoms with Crippen LogP contribution in [0.4, 0.5) is 0 Å². The van der Waals surface area contributed by atoms with Gasteiger partial charge in [0.2, 0.25) is 0 Å². The first kappa shape index (κ1) is 50.2. The lowest BCUT2D eigenvalue weighted by molar-refractivity contribution is -0.161. The van der Waals surface area contributed by atoms with Crippen molar-refractivity contribution in [3.8, 4) is 0 Å². The normalized spacial score (nSPS) is 14.3. The molecule has 52 heavy (non-hydrogen) atoms. The molecule has 0 aromatic carbocycles. The molecule has 0 aliphatic rings. The Labute approximate surface area is 317 Å². The molecule has 0 aliphatic carbocycles. The van der Waals surface area contributed by atoms with Crippen LogP contribution < -0.4 is 5.73 Å². The number of aliphatic hydroxyl groups is 1. The molecular weight excluding hydrogens is 681 g/mol. The Kier molecular flexibility index (Phi) is 36.2. The quantitative estimate of drug-likeness (QED) is 0.0182. The molecule has 0 saturated carbocycles. The van der Waals surface area contributed by atoms with Crippen LogP contribution in [0.15, 0.2) is 36.5 Å². The average molecular weight is 758 g/mol. The second-order valence-corrected chi connectivity index (χ2v) is 15.2. The Morgan fingerprint density at radius 3 is 1.83 bits per heavy atom. The van der Waals surface area contributed by atoms with Gasteiger partial charge in [0, 0.05) is 19.4 Å². The minimum Gasteiger partial charge on any atom is -0.462 e. The van der Waals surface area contributed by atoms with Crippen molar-refractivity contribution >= 4 is 19.8 Å². The number of carbonyl (C=O) groups is 2. The van der Waals surface area contributed by atoms with Gasteiger partial charge in [0.1, 0.15) is 6.61 Å². The van der Waals surface area contributed by atoms with Gasteiger partial charge in [-0.1, -0.05) is 159 Å². The zero-order valence-corrected chi connectivity index (χ0v) is 33.8. The van der Waals surface area contributed by atoms with Crippen LogP contribution >= 0.6 is 7.82 Å². The summed E-state index contributed by atoms with van der Waals surface area (Å²) in [5, 5.41) is 10.3. The summed E-state index contributed by atoms with van der Waals surface area (Å²) < 4.78 is 32.6. The molecule has 0 aromatic rings. The van der Waals surface area contributed by atoms with Crippen molar-refractivity contribution in [1.82, 2.24) is 0 Å². The number of aliphatic hydroxyl groups excluding tert-OH is 1. The predicted molar refractivity (Wildman–Crippen MR) is 212 cm³/mol. The number of nitrogens with two attached hydrogens (primary N) is 1. The number of hydrogen-bond acceptors (Lipinski definition) is 9. The van der Waals surface area contributed by atoms with Crippen LogP contribution in [0.2, 0.25) is 0 Å². The molecule has 0 rings (SSSR count). The number of hydrogen-bond donors (Lipinski definition) is 3. The molecule has 10 nitrogen and oxygen atoms in total. The van der Waals surface area contributed by atoms with E-state index in [1.807, 2.05) is 12.2 Å². The molecule has 0 radical (unpaired) electrons. The lowest BCUT2D eigenvalue weighted by Gasteiger charge is -2.20. The SMILES string of the molecule is CCCCCCCC/C=C/C/C=C/C=C/C(O)CCCC(=O)O[C@H](COC(=O)CCCCCCCCCCCCCCC)COP(=O)(O)OCCN. The maximum Gasteiger partial charge on any atom is 0.472 e. The number of ether oxygens (including phenoxy) is 2. The highest BCUT2D eigenvalue weighted by Gasteiger charge is 2.26. The fraction of sp³-hybridized carbons (Fsp3) is 0.805. The van der Waals surface area contributed by atoms with Gasteiger partial charge in [-0.2, -0.15) is 0 Å². The highest BCUT2D eigenvalue weighted by Crippen LogP contribution is 2.43. The largest absolute Gasteiger partial charge is 0.472 e. The van der Waals surface area contributed by atoms with Gasteiger partial charge in [-0.25, -0.2) is 4.57 Å². The first-order valence-corrected chi connectivity index (χ1v) is 22.1. The smallest absolute Gasteiger partial charge is 0.462 e. The van der Waals surface area contributed by atoms with Crippen molar-refractivity contribution in [2.24, 2.45) is 5.73 Å². The van der Waals surface area contributed by atoms with Crippen LogP contribution in [0.3, 0.4) is 0 Å². The Morgan fingerprint density at radius 2 is 1.23 bits per heavy atom. The molecule has 304 valence electrons. The summed E-state index contributed by atoms with van der Waals surface area (Å²) in [6, 6.07) is 0. The number of unbranched alkanes of at least 4 members (excludes halogenated alkanes) is 18. The maximum absolute atomic E-state index is 12.6. The summed E-state index contributed by atoms with van der Waals surface area (Å²) in [6.45, 7) is 3.50. The number of rotatable bonds is 38. The van der Waals surface area contributed by atoms with E-state index in [9.17, 15) is 24.2 Å². The average Bonchev–Trinajstić information content (AvgIpc) is 3.12. The molecule has 0 saturated heterocycles. The summed E-state index contributed by atoms with van der Waals surface area (Å²) in [6.07, 6.45) is 36.3. The van der Waals surface area contributed by atoms with Crippen molar-refractivity contribution in [1.29, 1.82) is 0 Å². The van der Waals surface area contributed by atoms with Gasteiger partial charge in [0.25, 0.3) is 0 Å². The number of esters is 2. The molecule has 0 aliphatic heterocycles. The van der Waals surface area contributed by atoms with Gasteiger partial charge in [0.05, 0.1) is 19.3 Å². The molecule has 11 heteroatoms. The van der Waals surface area contributed by atoms with E-state index in [1.165, 1.54) is 96.3 Å². The summed E-state index contributed by atoms with van der Waals surface area (Å²) in [5.41, 5.74) is 5.33. The van der Waals surface area contributed by atoms with E-state index in [0.29, 0.717) is 19.3 Å². The first-order valence-electron chi connectivity index (χ1n) is 20.6. The van der Waals surface area contributed by atoms with Crippen molar-refractivity contribution in [3.63, 3.8) is 0 Å². The Hall–Kier alpha value is -1.81. The van der Waals surface area contributed by atoms with Gasteiger partial charge in [-0.3, -0.25) is 18.6 Å². The Balaban J connectivity index is 4.38. The third-order valence-electron chi connectivity index (χ3n) is 8.63. The van der Waals surface area contributed by atoms with Gasteiger partial charge in [0.15, 0.2) is 6.10 Å². The number of allylic oxidation sites excluding steroid dienone is 5. The minimum absolute atomic E-state index is 0.00794. The number of phosphoric acid groups is 1. The Morgan fingerprint density at radius 1 is 0.673 bits per heavy atom. The van der Waals surface area contributed by atoms with Crippen molar-refractivity contribution in [3.05, 3.63) is 36.5 Å². The highest BCUT2D eigenvalue weighted by molar-refractivity contribution is 7.47. The van der Waals surface area contributed by atoms with E-state index in [1.54, 1.807) is 12.2 Å². The molecule has 4 N–H and O–H groups in total. The van der Waals surface area contributed by atoms with Gasteiger partial charge in [-0.05, 0) is 38.5 Å². The first-order chi connectivity index (χ1) is 25.2. The standard InChI is InChI=1S/C41H76NO9P/c1-3-5-7-9-11-13-15-17-19-21-23-25-27-30-38(43)31-29-33-41(45)51-39(37-50-52(46,47)49-35-34-42)36-48-40(44)32-28-26-24-22-20-18-16-14-12-10-8-6-4-2/h17,19,23,25,27,30,38-39,43H,3-16,18,20-22,24,26,28-29,31-37,42H2,1-2H3,(H,46,47)/b19-17+,25-23+,30-27+/t38?,39-/m1/s1. The molecule has 3 atom stereocenters. The van der Waals surface area contributed by atoms with Crippen LogP contribution in [0.25, 0.3) is 0 Å². The third kappa shape index (κ3) is 36.5. The zero-order chi connectivity index (χ0) is 38.4. The molecule has 0 bridgehead atoms. The molecule has 0 aromatic heterocycles. The van der Waals surface area contributed by atoms with Gasteiger partial charge < -0.3 is 25.2 Å². The molecule has 2 unspecified atom stereocenters. The van der Waals surface area contributed by atoms with Gasteiger partial charge in [-0.15, -0.1) is 0 Å². The minimum atomic E-state index is -4.42. The van der Waals surface area contributed by atoms with E-state index < -0.39 is 38.6 Å². The maximum atomic E-state index is 12.6. The zero-order valence-electron chi connectivity index (χ0n) is 32.9. The van der Waals surface area contributed by atoms with Crippen LogP contribution in [-0.4, -0.2) is 60.5 Å². The van der Waals surface area contributed by atoms with Crippen LogP contribution in [0.5, 0.6) is 0 Å². The van der Waals surface area contributed by atoms with E-state index in [0.717, 1.165) is 32.1 Å². The fourth-order valence-corrected chi connectivity index (χ4v) is 6.29. The van der Waals surface area contributed by atoms with E-state index in [2.05, 4.69) is 26.0 Å². The van der Waals surface area contributed by atoms with Crippen LogP contribution in [0.1, 0.15) is 174 Å². The van der Waals surface area contributed by atoms with Crippen LogP contribution in [-0.2, 0) is 32.7 Å². The summed E-state index contributed by atoms with van der Waals surface area (Å²) in [7, 11) is -4.42. The second kappa shape index (κ2) is 37.5. The van der Waals surface area contributed by atoms with Gasteiger partial charge >= 0.3 is 19.8 Å². The third-order valence-corrected chi connectivity index (χ3v) is 9.62. The molecule has 0 fully saturated rings. The summed E-state index contributed by atoms with van der Waals surface area (Å²) >= 11 is 0. The fourth-order valence-electron chi connectivity index (χ4n) is 5.53. The topological polar surface area (TPSA) is 155 Å². The van der Waals surface area contributed by atoms with Crippen molar-refractivity contribution < 1.29 is 42.7 Å². The van der Waals surface area contributed by atoms with Crippen molar-refractivity contribution in [2.45, 2.75) is 187 Å². The highest BCUT2D eigenvalue weighted by atomic mass is 31.2.